The summed E-state index contributed by atoms with van der Waals surface area (Å²) in [7, 11) is 0. The highest BCUT2D eigenvalue weighted by atomic mass is 16.5. The van der Waals surface area contributed by atoms with E-state index in [0.717, 1.165) is 17.7 Å². The molecule has 3 N–H and O–H groups in total. The number of rotatable bonds is 3. The van der Waals surface area contributed by atoms with Gasteiger partial charge in [0.25, 0.3) is 0 Å². The predicted molar refractivity (Wildman–Crippen MR) is 71.1 cm³/mol. The second-order valence-corrected chi connectivity index (χ2v) is 4.84. The molecule has 1 fully saturated rings. The predicted octanol–water partition coefficient (Wildman–Crippen LogP) is 1.76. The molecule has 4 nitrogen and oxygen atoms in total. The van der Waals surface area contributed by atoms with Crippen LogP contribution in [0.1, 0.15) is 18.9 Å². The van der Waals surface area contributed by atoms with E-state index in [0.29, 0.717) is 19.8 Å². The van der Waals surface area contributed by atoms with Crippen molar-refractivity contribution < 1.29 is 9.53 Å². The van der Waals surface area contributed by atoms with Crippen molar-refractivity contribution in [1.29, 1.82) is 0 Å². The molecule has 0 aromatic heterocycles. The highest BCUT2D eigenvalue weighted by Crippen LogP contribution is 2.23. The first kappa shape index (κ1) is 13.1. The zero-order valence-corrected chi connectivity index (χ0v) is 10.7. The van der Waals surface area contributed by atoms with Gasteiger partial charge in [-0.25, -0.2) is 0 Å². The summed E-state index contributed by atoms with van der Waals surface area (Å²) in [5.74, 6) is 0.418. The maximum Gasteiger partial charge on any atom is 0.227 e. The first-order valence-corrected chi connectivity index (χ1v) is 6.38. The standard InChI is InChI=1S/C14H20N2O2/c1-10-9-18-7-6-13(10)14(17)16-12-4-2-11(8-15)3-5-12/h2-5,10,13H,6-9,15H2,1H3,(H,16,17). The van der Waals surface area contributed by atoms with Gasteiger partial charge in [0.15, 0.2) is 0 Å². The molecular weight excluding hydrogens is 228 g/mol. The highest BCUT2D eigenvalue weighted by Gasteiger charge is 2.28. The number of anilines is 1. The maximum absolute atomic E-state index is 12.1. The van der Waals surface area contributed by atoms with Crippen LogP contribution in [0, 0.1) is 11.8 Å². The average molecular weight is 248 g/mol. The van der Waals surface area contributed by atoms with Crippen molar-refractivity contribution in [2.24, 2.45) is 17.6 Å². The molecule has 0 aliphatic carbocycles. The van der Waals surface area contributed by atoms with Crippen LogP contribution in [0.25, 0.3) is 0 Å². The van der Waals surface area contributed by atoms with Crippen LogP contribution in [0.4, 0.5) is 5.69 Å². The average Bonchev–Trinajstić information content (AvgIpc) is 2.40. The summed E-state index contributed by atoms with van der Waals surface area (Å²) in [6.07, 6.45) is 0.799. The Hall–Kier alpha value is -1.39. The van der Waals surface area contributed by atoms with Crippen LogP contribution in [0.3, 0.4) is 0 Å². The van der Waals surface area contributed by atoms with Crippen LogP contribution in [-0.2, 0) is 16.1 Å². The van der Waals surface area contributed by atoms with Crippen molar-refractivity contribution in [3.05, 3.63) is 29.8 Å². The van der Waals surface area contributed by atoms with E-state index in [9.17, 15) is 4.79 Å². The summed E-state index contributed by atoms with van der Waals surface area (Å²) in [5.41, 5.74) is 7.43. The minimum Gasteiger partial charge on any atom is -0.381 e. The van der Waals surface area contributed by atoms with Crippen molar-refractivity contribution in [3.63, 3.8) is 0 Å². The van der Waals surface area contributed by atoms with Gasteiger partial charge >= 0.3 is 0 Å². The van der Waals surface area contributed by atoms with Gasteiger partial charge in [-0.1, -0.05) is 19.1 Å². The minimum absolute atomic E-state index is 0.0490. The van der Waals surface area contributed by atoms with Crippen molar-refractivity contribution in [2.45, 2.75) is 19.9 Å². The number of hydrogen-bond donors (Lipinski definition) is 2. The summed E-state index contributed by atoms with van der Waals surface area (Å²) in [5, 5.41) is 2.96. The summed E-state index contributed by atoms with van der Waals surface area (Å²) in [4.78, 5) is 12.1. The number of benzene rings is 1. The van der Waals surface area contributed by atoms with E-state index in [1.165, 1.54) is 0 Å². The number of carbonyl (C=O) groups excluding carboxylic acids is 1. The third kappa shape index (κ3) is 3.09. The summed E-state index contributed by atoms with van der Waals surface area (Å²) in [6, 6.07) is 7.65. The lowest BCUT2D eigenvalue weighted by atomic mass is 9.89. The number of nitrogens with two attached hydrogens (primary N) is 1. The largest absolute Gasteiger partial charge is 0.381 e. The topological polar surface area (TPSA) is 64.3 Å². The van der Waals surface area contributed by atoms with Gasteiger partial charge in [0.05, 0.1) is 0 Å². The number of carbonyl (C=O) groups is 1. The smallest absolute Gasteiger partial charge is 0.227 e. The molecule has 98 valence electrons. The molecule has 1 aliphatic heterocycles. The summed E-state index contributed by atoms with van der Waals surface area (Å²) in [6.45, 7) is 3.92. The molecule has 2 rings (SSSR count). The van der Waals surface area contributed by atoms with Gasteiger partial charge in [-0.15, -0.1) is 0 Å². The second-order valence-electron chi connectivity index (χ2n) is 4.84. The SMILES string of the molecule is CC1COCCC1C(=O)Nc1ccc(CN)cc1. The van der Waals surface area contributed by atoms with Crippen LogP contribution in [-0.4, -0.2) is 19.1 Å². The Kier molecular flexibility index (Phi) is 4.33. The molecule has 1 aliphatic rings. The zero-order valence-electron chi connectivity index (χ0n) is 10.7. The van der Waals surface area contributed by atoms with Crippen molar-refractivity contribution in [3.8, 4) is 0 Å². The van der Waals surface area contributed by atoms with Gasteiger partial charge in [0.2, 0.25) is 5.91 Å². The summed E-state index contributed by atoms with van der Waals surface area (Å²) < 4.78 is 5.35. The maximum atomic E-state index is 12.1. The van der Waals surface area contributed by atoms with Gasteiger partial charge < -0.3 is 15.8 Å². The lowest BCUT2D eigenvalue weighted by Crippen LogP contribution is -2.34. The van der Waals surface area contributed by atoms with Crippen LogP contribution in [0.5, 0.6) is 0 Å². The molecule has 4 heteroatoms. The van der Waals surface area contributed by atoms with Gasteiger partial charge in [-0.05, 0) is 30.0 Å². The first-order chi connectivity index (χ1) is 8.70. The normalized spacial score (nSPS) is 23.7. The Balaban J connectivity index is 1.97. The van der Waals surface area contributed by atoms with Crippen molar-refractivity contribution in [2.75, 3.05) is 18.5 Å². The van der Waals surface area contributed by atoms with E-state index in [1.54, 1.807) is 0 Å². The van der Waals surface area contributed by atoms with Gasteiger partial charge in [0, 0.05) is 31.4 Å². The Morgan fingerprint density at radius 2 is 2.17 bits per heavy atom. The van der Waals surface area contributed by atoms with E-state index >= 15 is 0 Å². The van der Waals surface area contributed by atoms with Gasteiger partial charge in [-0.2, -0.15) is 0 Å². The van der Waals surface area contributed by atoms with Crippen LogP contribution in [0.15, 0.2) is 24.3 Å². The molecule has 2 unspecified atom stereocenters. The Morgan fingerprint density at radius 1 is 1.44 bits per heavy atom. The first-order valence-electron chi connectivity index (χ1n) is 6.38. The van der Waals surface area contributed by atoms with Gasteiger partial charge in [-0.3, -0.25) is 4.79 Å². The minimum atomic E-state index is 0.0490. The van der Waals surface area contributed by atoms with E-state index in [1.807, 2.05) is 24.3 Å². The molecule has 1 saturated heterocycles. The lowest BCUT2D eigenvalue weighted by Gasteiger charge is -2.27. The van der Waals surface area contributed by atoms with Crippen molar-refractivity contribution in [1.82, 2.24) is 0 Å². The number of hydrogen-bond acceptors (Lipinski definition) is 3. The molecule has 0 bridgehead atoms. The molecular formula is C14H20N2O2. The zero-order chi connectivity index (χ0) is 13.0. The molecule has 0 saturated carbocycles. The van der Waals surface area contributed by atoms with E-state index < -0.39 is 0 Å². The molecule has 2 atom stereocenters. The Labute approximate surface area is 108 Å². The molecule has 0 spiro atoms. The van der Waals surface area contributed by atoms with E-state index in [4.69, 9.17) is 10.5 Å². The van der Waals surface area contributed by atoms with E-state index in [2.05, 4.69) is 12.2 Å². The number of amides is 1. The third-order valence-corrected chi connectivity index (χ3v) is 3.43. The van der Waals surface area contributed by atoms with Crippen LogP contribution in [0.2, 0.25) is 0 Å². The number of nitrogens with one attached hydrogen (secondary N) is 1. The lowest BCUT2D eigenvalue weighted by molar-refractivity contribution is -0.125. The number of ether oxygens (including phenoxy) is 1. The van der Waals surface area contributed by atoms with Gasteiger partial charge in [0.1, 0.15) is 0 Å². The van der Waals surface area contributed by atoms with Crippen LogP contribution < -0.4 is 11.1 Å². The molecule has 1 aromatic carbocycles. The monoisotopic (exact) mass is 248 g/mol. The fourth-order valence-electron chi connectivity index (χ4n) is 2.23. The Bertz CT molecular complexity index is 403. The fraction of sp³-hybridized carbons (Fsp3) is 0.500. The third-order valence-electron chi connectivity index (χ3n) is 3.43. The van der Waals surface area contributed by atoms with Crippen molar-refractivity contribution >= 4 is 11.6 Å². The molecule has 1 aromatic rings. The molecule has 1 amide bonds. The Morgan fingerprint density at radius 3 is 2.78 bits per heavy atom. The van der Waals surface area contributed by atoms with Crippen LogP contribution >= 0.6 is 0 Å². The molecule has 0 radical (unpaired) electrons. The fourth-order valence-corrected chi connectivity index (χ4v) is 2.23. The quantitative estimate of drug-likeness (QED) is 0.856. The summed E-state index contributed by atoms with van der Waals surface area (Å²) >= 11 is 0. The highest BCUT2D eigenvalue weighted by molar-refractivity contribution is 5.92. The molecule has 1 heterocycles. The molecule has 18 heavy (non-hydrogen) atoms. The second kappa shape index (κ2) is 5.98. The van der Waals surface area contributed by atoms with E-state index in [-0.39, 0.29) is 17.7 Å².